The zero-order valence-electron chi connectivity index (χ0n) is 13.1. The minimum absolute atomic E-state index is 0.208. The third kappa shape index (κ3) is 5.55. The van der Waals surface area contributed by atoms with Gasteiger partial charge in [-0.1, -0.05) is 6.07 Å². The van der Waals surface area contributed by atoms with Crippen molar-refractivity contribution in [1.82, 2.24) is 10.2 Å². The van der Waals surface area contributed by atoms with Gasteiger partial charge in [0.25, 0.3) is 0 Å². The van der Waals surface area contributed by atoms with Gasteiger partial charge in [0.1, 0.15) is 0 Å². The molecule has 0 heterocycles. The van der Waals surface area contributed by atoms with E-state index in [2.05, 4.69) is 10.2 Å². The minimum atomic E-state index is -4.33. The maximum absolute atomic E-state index is 13.1. The second-order valence-electron chi connectivity index (χ2n) is 5.45. The predicted octanol–water partition coefficient (Wildman–Crippen LogP) is 2.81. The fourth-order valence-electron chi connectivity index (χ4n) is 2.16. The molecule has 120 valence electrons. The molecule has 1 aromatic carbocycles. The van der Waals surface area contributed by atoms with Gasteiger partial charge in [0.05, 0.1) is 5.56 Å². The molecule has 0 radical (unpaired) electrons. The Hall–Kier alpha value is -1.27. The molecule has 0 atom stereocenters. The fraction of sp³-hybridized carbons (Fsp3) is 0.600. The Morgan fingerprint density at radius 3 is 2.29 bits per heavy atom. The van der Waals surface area contributed by atoms with Gasteiger partial charge in [-0.3, -0.25) is 0 Å². The highest BCUT2D eigenvalue weighted by molar-refractivity contribution is 5.51. The van der Waals surface area contributed by atoms with Crippen LogP contribution in [0.4, 0.5) is 18.9 Å². The molecule has 0 spiro atoms. The van der Waals surface area contributed by atoms with Crippen molar-refractivity contribution in [2.45, 2.75) is 19.1 Å². The van der Waals surface area contributed by atoms with E-state index in [1.165, 1.54) is 6.07 Å². The Bertz CT molecular complexity index is 444. The van der Waals surface area contributed by atoms with Crippen molar-refractivity contribution in [2.75, 3.05) is 46.2 Å². The molecule has 0 aromatic heterocycles. The van der Waals surface area contributed by atoms with E-state index in [0.717, 1.165) is 19.5 Å². The molecule has 3 nitrogen and oxygen atoms in total. The Morgan fingerprint density at radius 1 is 1.10 bits per heavy atom. The van der Waals surface area contributed by atoms with E-state index in [1.807, 2.05) is 26.0 Å². The summed E-state index contributed by atoms with van der Waals surface area (Å²) in [6, 6.07) is 4.54. The van der Waals surface area contributed by atoms with E-state index in [1.54, 1.807) is 19.2 Å². The maximum Gasteiger partial charge on any atom is 0.416 e. The number of anilines is 1. The van der Waals surface area contributed by atoms with Gasteiger partial charge in [-0.05, 0) is 51.8 Å². The molecule has 0 saturated heterocycles. The van der Waals surface area contributed by atoms with Crippen LogP contribution in [-0.2, 0) is 12.7 Å². The third-order valence-electron chi connectivity index (χ3n) is 3.31. The van der Waals surface area contributed by atoms with Crippen LogP contribution >= 0.6 is 0 Å². The average Bonchev–Trinajstić information content (AvgIpc) is 2.37. The zero-order valence-corrected chi connectivity index (χ0v) is 13.1. The highest BCUT2D eigenvalue weighted by atomic mass is 19.4. The van der Waals surface area contributed by atoms with Crippen LogP contribution in [0.3, 0.4) is 0 Å². The van der Waals surface area contributed by atoms with Gasteiger partial charge >= 0.3 is 6.18 Å². The normalized spacial score (nSPS) is 12.0. The molecule has 0 amide bonds. The van der Waals surface area contributed by atoms with E-state index in [0.29, 0.717) is 5.69 Å². The highest BCUT2D eigenvalue weighted by Crippen LogP contribution is 2.34. The van der Waals surface area contributed by atoms with Crippen molar-refractivity contribution >= 4 is 5.69 Å². The summed E-state index contributed by atoms with van der Waals surface area (Å²) >= 11 is 0. The molecule has 1 aromatic rings. The van der Waals surface area contributed by atoms with Crippen LogP contribution in [0.1, 0.15) is 17.5 Å². The van der Waals surface area contributed by atoms with Crippen LogP contribution in [0.25, 0.3) is 0 Å². The molecule has 0 bridgehead atoms. The fourth-order valence-corrected chi connectivity index (χ4v) is 2.16. The van der Waals surface area contributed by atoms with E-state index >= 15 is 0 Å². The van der Waals surface area contributed by atoms with Gasteiger partial charge < -0.3 is 15.1 Å². The summed E-state index contributed by atoms with van der Waals surface area (Å²) in [5.41, 5.74) is 0.310. The Labute approximate surface area is 124 Å². The summed E-state index contributed by atoms with van der Waals surface area (Å²) in [6.45, 7) is 1.84. The van der Waals surface area contributed by atoms with Gasteiger partial charge in [0.2, 0.25) is 0 Å². The first-order valence-electron chi connectivity index (χ1n) is 6.96. The minimum Gasteiger partial charge on any atom is -0.375 e. The highest BCUT2D eigenvalue weighted by Gasteiger charge is 2.33. The number of hydrogen-bond acceptors (Lipinski definition) is 3. The van der Waals surface area contributed by atoms with E-state index in [-0.39, 0.29) is 12.1 Å². The van der Waals surface area contributed by atoms with E-state index in [9.17, 15) is 13.2 Å². The summed E-state index contributed by atoms with van der Waals surface area (Å²) in [7, 11) is 7.42. The maximum atomic E-state index is 13.1. The molecule has 0 aliphatic rings. The lowest BCUT2D eigenvalue weighted by atomic mass is 10.1. The molecule has 1 N–H and O–H groups in total. The summed E-state index contributed by atoms with van der Waals surface area (Å²) in [6.07, 6.45) is -3.42. The third-order valence-corrected chi connectivity index (χ3v) is 3.31. The lowest BCUT2D eigenvalue weighted by Crippen LogP contribution is -2.24. The average molecular weight is 303 g/mol. The van der Waals surface area contributed by atoms with Crippen molar-refractivity contribution < 1.29 is 13.2 Å². The summed E-state index contributed by atoms with van der Waals surface area (Å²) in [5, 5.41) is 2.77. The second kappa shape index (κ2) is 7.66. The zero-order chi connectivity index (χ0) is 16.0. The lowest BCUT2D eigenvalue weighted by molar-refractivity contribution is -0.138. The van der Waals surface area contributed by atoms with Crippen molar-refractivity contribution in [3.63, 3.8) is 0 Å². The Kier molecular flexibility index (Phi) is 6.48. The van der Waals surface area contributed by atoms with Crippen LogP contribution in [0, 0.1) is 0 Å². The standard InChI is InChI=1S/C15H24F3N3/c1-19-11-12-6-7-13(10-14(12)15(16,17)18)21(4)9-5-8-20(2)3/h6-7,10,19H,5,8-9,11H2,1-4H3. The quantitative estimate of drug-likeness (QED) is 0.835. The second-order valence-corrected chi connectivity index (χ2v) is 5.45. The van der Waals surface area contributed by atoms with Gasteiger partial charge in [-0.2, -0.15) is 13.2 Å². The molecule has 0 aliphatic heterocycles. The smallest absolute Gasteiger partial charge is 0.375 e. The lowest BCUT2D eigenvalue weighted by Gasteiger charge is -2.23. The van der Waals surface area contributed by atoms with Crippen molar-refractivity contribution in [3.8, 4) is 0 Å². The van der Waals surface area contributed by atoms with E-state index < -0.39 is 11.7 Å². The largest absolute Gasteiger partial charge is 0.416 e. The molecule has 0 aliphatic carbocycles. The van der Waals surface area contributed by atoms with Crippen LogP contribution in [-0.4, -0.2) is 46.2 Å². The number of halogens is 3. The number of hydrogen-bond donors (Lipinski definition) is 1. The molecule has 21 heavy (non-hydrogen) atoms. The molecular formula is C15H24F3N3. The van der Waals surface area contributed by atoms with Crippen LogP contribution in [0.2, 0.25) is 0 Å². The summed E-state index contributed by atoms with van der Waals surface area (Å²) in [4.78, 5) is 3.92. The van der Waals surface area contributed by atoms with Gasteiger partial charge in [-0.15, -0.1) is 0 Å². The number of alkyl halides is 3. The first-order valence-corrected chi connectivity index (χ1v) is 6.96. The van der Waals surface area contributed by atoms with Crippen LogP contribution < -0.4 is 10.2 Å². The number of nitrogens with zero attached hydrogens (tertiary/aromatic N) is 2. The monoisotopic (exact) mass is 303 g/mol. The first-order chi connectivity index (χ1) is 9.75. The van der Waals surface area contributed by atoms with E-state index in [4.69, 9.17) is 0 Å². The number of nitrogens with one attached hydrogen (secondary N) is 1. The Balaban J connectivity index is 2.89. The molecular weight excluding hydrogens is 279 g/mol. The molecule has 6 heteroatoms. The molecule has 0 saturated carbocycles. The van der Waals surface area contributed by atoms with Crippen LogP contribution in [0.15, 0.2) is 18.2 Å². The SMILES string of the molecule is CNCc1ccc(N(C)CCCN(C)C)cc1C(F)(F)F. The number of rotatable bonds is 7. The summed E-state index contributed by atoms with van der Waals surface area (Å²) < 4.78 is 39.4. The Morgan fingerprint density at radius 2 is 1.76 bits per heavy atom. The van der Waals surface area contributed by atoms with Crippen molar-refractivity contribution in [1.29, 1.82) is 0 Å². The first kappa shape index (κ1) is 17.8. The van der Waals surface area contributed by atoms with Crippen molar-refractivity contribution in [2.24, 2.45) is 0 Å². The molecule has 0 unspecified atom stereocenters. The van der Waals surface area contributed by atoms with Gasteiger partial charge in [-0.25, -0.2) is 0 Å². The molecule has 0 fully saturated rings. The van der Waals surface area contributed by atoms with Gasteiger partial charge in [0, 0.05) is 25.8 Å². The number of benzene rings is 1. The predicted molar refractivity (Wildman–Crippen MR) is 80.6 cm³/mol. The topological polar surface area (TPSA) is 18.5 Å². The van der Waals surface area contributed by atoms with Gasteiger partial charge in [0.15, 0.2) is 0 Å². The molecule has 1 rings (SSSR count). The summed E-state index contributed by atoms with van der Waals surface area (Å²) in [5.74, 6) is 0. The van der Waals surface area contributed by atoms with Crippen LogP contribution in [0.5, 0.6) is 0 Å². The van der Waals surface area contributed by atoms with Crippen molar-refractivity contribution in [3.05, 3.63) is 29.3 Å².